The molecule has 0 unspecified atom stereocenters. The van der Waals surface area contributed by atoms with Gasteiger partial charge in [-0.25, -0.2) is 8.42 Å². The highest BCUT2D eigenvalue weighted by Crippen LogP contribution is 2.29. The van der Waals surface area contributed by atoms with E-state index in [1.165, 1.54) is 23.1 Å². The van der Waals surface area contributed by atoms with Crippen LogP contribution >= 0.6 is 34.8 Å². The molecule has 0 fully saturated rings. The molecule has 11 heteroatoms. The number of nitrogens with zero attached hydrogens (tertiary/aromatic N) is 2. The molecule has 0 heterocycles. The summed E-state index contributed by atoms with van der Waals surface area (Å²) in [7, 11) is -4.21. The lowest BCUT2D eigenvalue weighted by Gasteiger charge is -2.34. The van der Waals surface area contributed by atoms with Crippen LogP contribution in [0.3, 0.4) is 0 Å². The number of carbonyl (C=O) groups is 2. The van der Waals surface area contributed by atoms with Gasteiger partial charge < -0.3 is 10.2 Å². The highest BCUT2D eigenvalue weighted by Gasteiger charge is 2.34. The van der Waals surface area contributed by atoms with Gasteiger partial charge in [0.1, 0.15) is 12.6 Å². The van der Waals surface area contributed by atoms with Gasteiger partial charge in [0.2, 0.25) is 11.8 Å². The summed E-state index contributed by atoms with van der Waals surface area (Å²) >= 11 is 19.0. The van der Waals surface area contributed by atoms with Crippen molar-refractivity contribution in [1.29, 1.82) is 0 Å². The van der Waals surface area contributed by atoms with Gasteiger partial charge in [0.25, 0.3) is 10.0 Å². The lowest BCUT2D eigenvalue weighted by molar-refractivity contribution is -0.140. The number of anilines is 1. The third-order valence-electron chi connectivity index (χ3n) is 7.07. The summed E-state index contributed by atoms with van der Waals surface area (Å²) in [6.07, 6.45) is 0.996. The van der Waals surface area contributed by atoms with E-state index >= 15 is 0 Å². The summed E-state index contributed by atoms with van der Waals surface area (Å²) in [5, 5.41) is 4.06. The number of hydrogen-bond donors (Lipinski definition) is 1. The first-order valence-corrected chi connectivity index (χ1v) is 16.2. The van der Waals surface area contributed by atoms with Gasteiger partial charge in [0, 0.05) is 27.7 Å². The molecule has 1 N–H and O–H groups in total. The van der Waals surface area contributed by atoms with Gasteiger partial charge in [-0.15, -0.1) is 0 Å². The Morgan fingerprint density at radius 3 is 2.12 bits per heavy atom. The molecule has 2 amide bonds. The normalized spacial score (nSPS) is 12.9. The number of sulfonamides is 1. The molecular formula is C31H36Cl3N3O4S. The van der Waals surface area contributed by atoms with Gasteiger partial charge in [-0.1, -0.05) is 78.5 Å². The first-order chi connectivity index (χ1) is 19.8. The Morgan fingerprint density at radius 2 is 1.55 bits per heavy atom. The van der Waals surface area contributed by atoms with Gasteiger partial charge in [-0.05, 0) is 81.1 Å². The Morgan fingerprint density at radius 1 is 0.881 bits per heavy atom. The number of hydrogen-bond acceptors (Lipinski definition) is 4. The van der Waals surface area contributed by atoms with Crippen molar-refractivity contribution in [3.63, 3.8) is 0 Å². The minimum atomic E-state index is -4.21. The van der Waals surface area contributed by atoms with Crippen molar-refractivity contribution in [2.24, 2.45) is 0 Å². The Labute approximate surface area is 263 Å². The van der Waals surface area contributed by atoms with Crippen molar-refractivity contribution in [2.75, 3.05) is 10.8 Å². The van der Waals surface area contributed by atoms with E-state index in [1.807, 2.05) is 20.8 Å². The summed E-state index contributed by atoms with van der Waals surface area (Å²) in [4.78, 5) is 29.0. The minimum absolute atomic E-state index is 0.0199. The Balaban J connectivity index is 2.11. The molecule has 0 aliphatic rings. The molecule has 0 bridgehead atoms. The summed E-state index contributed by atoms with van der Waals surface area (Å²) in [6, 6.07) is 15.1. The third-order valence-corrected chi connectivity index (χ3v) is 9.86. The van der Waals surface area contributed by atoms with E-state index in [-0.39, 0.29) is 29.1 Å². The van der Waals surface area contributed by atoms with Crippen LogP contribution in [0.15, 0.2) is 65.6 Å². The molecule has 3 aromatic rings. The van der Waals surface area contributed by atoms with Crippen LogP contribution in [0.4, 0.5) is 5.69 Å². The lowest BCUT2D eigenvalue weighted by Crippen LogP contribution is -2.53. The molecule has 0 spiro atoms. The van der Waals surface area contributed by atoms with Crippen molar-refractivity contribution < 1.29 is 18.0 Å². The van der Waals surface area contributed by atoms with Gasteiger partial charge in [-0.3, -0.25) is 13.9 Å². The summed E-state index contributed by atoms with van der Waals surface area (Å²) in [5.74, 6) is -0.920. The van der Waals surface area contributed by atoms with Crippen LogP contribution in [-0.4, -0.2) is 43.8 Å². The fourth-order valence-corrected chi connectivity index (χ4v) is 6.35. The number of rotatable bonds is 12. The van der Waals surface area contributed by atoms with E-state index in [1.54, 1.807) is 56.3 Å². The predicted octanol–water partition coefficient (Wildman–Crippen LogP) is 7.18. The standard InChI is InChI=1S/C31H36Cl3N3O4S/c1-6-22(5)35-31(39)29(7-2)36(18-23-11-12-24(32)16-28(23)34)30(38)19-37(25-13-10-21(4)27(33)17-25)42(40,41)26-14-8-20(3)9-15-26/h8-17,22,29H,6-7,18-19H2,1-5H3,(H,35,39)/t22-,29+/m1/s1. The van der Waals surface area contributed by atoms with Crippen molar-refractivity contribution in [1.82, 2.24) is 10.2 Å². The molecule has 7 nitrogen and oxygen atoms in total. The van der Waals surface area contributed by atoms with Crippen LogP contribution in [0, 0.1) is 13.8 Å². The summed E-state index contributed by atoms with van der Waals surface area (Å²) < 4.78 is 29.0. The van der Waals surface area contributed by atoms with Crippen LogP contribution in [0.25, 0.3) is 0 Å². The Kier molecular flexibility index (Phi) is 11.7. The molecule has 0 aliphatic heterocycles. The molecule has 0 radical (unpaired) electrons. The summed E-state index contributed by atoms with van der Waals surface area (Å²) in [6.45, 7) is 8.67. The fourth-order valence-electron chi connectivity index (χ4n) is 4.30. The quantitative estimate of drug-likeness (QED) is 0.225. The van der Waals surface area contributed by atoms with Crippen molar-refractivity contribution in [3.8, 4) is 0 Å². The number of nitrogens with one attached hydrogen (secondary N) is 1. The molecule has 0 aromatic heterocycles. The number of aryl methyl sites for hydroxylation is 2. The molecule has 0 aliphatic carbocycles. The lowest BCUT2D eigenvalue weighted by atomic mass is 10.1. The third kappa shape index (κ3) is 8.19. The molecule has 42 heavy (non-hydrogen) atoms. The second-order valence-electron chi connectivity index (χ2n) is 10.3. The zero-order valence-corrected chi connectivity index (χ0v) is 27.4. The number of amides is 2. The van der Waals surface area contributed by atoms with Crippen LogP contribution in [0.5, 0.6) is 0 Å². The molecule has 3 rings (SSSR count). The van der Waals surface area contributed by atoms with Gasteiger partial charge >= 0.3 is 0 Å². The van der Waals surface area contributed by atoms with E-state index in [2.05, 4.69) is 5.32 Å². The average Bonchev–Trinajstić information content (AvgIpc) is 2.94. The molecule has 0 saturated carbocycles. The van der Waals surface area contributed by atoms with Gasteiger partial charge in [0.15, 0.2) is 0 Å². The number of carbonyl (C=O) groups excluding carboxylic acids is 2. The Bertz CT molecular complexity index is 1530. The van der Waals surface area contributed by atoms with Gasteiger partial charge in [0.05, 0.1) is 10.6 Å². The van der Waals surface area contributed by atoms with Crippen LogP contribution in [-0.2, 0) is 26.2 Å². The van der Waals surface area contributed by atoms with Crippen molar-refractivity contribution >= 4 is 62.3 Å². The second-order valence-corrected chi connectivity index (χ2v) is 13.4. The zero-order valence-electron chi connectivity index (χ0n) is 24.3. The van der Waals surface area contributed by atoms with Crippen LogP contribution in [0.1, 0.15) is 50.3 Å². The maximum Gasteiger partial charge on any atom is 0.264 e. The fraction of sp³-hybridized carbons (Fsp3) is 0.355. The topological polar surface area (TPSA) is 86.8 Å². The zero-order chi connectivity index (χ0) is 31.2. The first kappa shape index (κ1) is 33.7. The largest absolute Gasteiger partial charge is 0.352 e. The summed E-state index contributed by atoms with van der Waals surface area (Å²) in [5.41, 5.74) is 2.43. The molecule has 3 aromatic carbocycles. The van der Waals surface area contributed by atoms with E-state index in [0.717, 1.165) is 15.4 Å². The Hall–Kier alpha value is -2.78. The first-order valence-electron chi connectivity index (χ1n) is 13.7. The van der Waals surface area contributed by atoms with Crippen molar-refractivity contribution in [2.45, 2.75) is 71.0 Å². The van der Waals surface area contributed by atoms with Crippen LogP contribution < -0.4 is 9.62 Å². The smallest absolute Gasteiger partial charge is 0.264 e. The number of benzene rings is 3. The monoisotopic (exact) mass is 651 g/mol. The molecule has 0 saturated heterocycles. The highest BCUT2D eigenvalue weighted by molar-refractivity contribution is 7.92. The van der Waals surface area contributed by atoms with E-state index in [0.29, 0.717) is 33.5 Å². The molecular weight excluding hydrogens is 617 g/mol. The maximum absolute atomic E-state index is 14.2. The van der Waals surface area contributed by atoms with E-state index < -0.39 is 28.5 Å². The molecule has 2 atom stereocenters. The van der Waals surface area contributed by atoms with E-state index in [9.17, 15) is 18.0 Å². The maximum atomic E-state index is 14.2. The number of halogens is 3. The SMILES string of the molecule is CC[C@@H](C)NC(=O)[C@H](CC)N(Cc1ccc(Cl)cc1Cl)C(=O)CN(c1ccc(C)c(Cl)c1)S(=O)(=O)c1ccc(C)cc1. The van der Waals surface area contributed by atoms with E-state index in [4.69, 9.17) is 34.8 Å². The van der Waals surface area contributed by atoms with Gasteiger partial charge in [-0.2, -0.15) is 0 Å². The minimum Gasteiger partial charge on any atom is -0.352 e. The highest BCUT2D eigenvalue weighted by atomic mass is 35.5. The predicted molar refractivity (Wildman–Crippen MR) is 171 cm³/mol. The molecule has 226 valence electrons. The second kappa shape index (κ2) is 14.6. The van der Waals surface area contributed by atoms with Crippen LogP contribution in [0.2, 0.25) is 15.1 Å². The average molecular weight is 653 g/mol. The van der Waals surface area contributed by atoms with Crippen molar-refractivity contribution in [3.05, 3.63) is 92.4 Å².